The van der Waals surface area contributed by atoms with E-state index in [2.05, 4.69) is 11.7 Å². The molecule has 0 saturated heterocycles. The van der Waals surface area contributed by atoms with E-state index < -0.39 is 73.7 Å². The summed E-state index contributed by atoms with van der Waals surface area (Å²) in [6, 6.07) is 0. The average Bonchev–Trinajstić information content (AvgIpc) is 2.80. The number of carboxylic acids is 1. The second kappa shape index (κ2) is 22.9. The number of aliphatic hydroxyl groups excluding tert-OH is 6. The molecule has 210 valence electrons. The zero-order chi connectivity index (χ0) is 27.0. The molecular formula is C22H42Na2O13. The summed E-state index contributed by atoms with van der Waals surface area (Å²) in [6.45, 7) is 1.16. The molecule has 15 heteroatoms. The van der Waals surface area contributed by atoms with Gasteiger partial charge in [0.2, 0.25) is 6.29 Å². The second-order valence-electron chi connectivity index (χ2n) is 8.49. The summed E-state index contributed by atoms with van der Waals surface area (Å²) in [5.41, 5.74) is -2.93. The number of carboxylic acid groups (broad SMARTS) is 1. The van der Waals surface area contributed by atoms with Gasteiger partial charge in [-0.05, 0) is 6.42 Å². The first-order valence-electron chi connectivity index (χ1n) is 11.7. The monoisotopic (exact) mass is 560 g/mol. The number of hydrogen-bond acceptors (Lipinski definition) is 12. The third-order valence-corrected chi connectivity index (χ3v) is 5.36. The van der Waals surface area contributed by atoms with Crippen LogP contribution in [0.1, 0.15) is 74.0 Å². The van der Waals surface area contributed by atoms with Gasteiger partial charge >= 0.3 is 77.0 Å². The topological polar surface area (TPSA) is 232 Å². The van der Waals surface area contributed by atoms with Crippen molar-refractivity contribution < 1.29 is 127 Å². The molecule has 0 spiro atoms. The van der Waals surface area contributed by atoms with E-state index in [1.165, 1.54) is 12.8 Å². The predicted molar refractivity (Wildman–Crippen MR) is 121 cm³/mol. The number of rotatable bonds is 20. The van der Waals surface area contributed by atoms with E-state index in [9.17, 15) is 50.1 Å². The Morgan fingerprint density at radius 1 is 0.784 bits per heavy atom. The summed E-state index contributed by atoms with van der Waals surface area (Å²) in [6.07, 6.45) is -5.46. The van der Waals surface area contributed by atoms with Crippen molar-refractivity contribution >= 4 is 17.9 Å². The van der Waals surface area contributed by atoms with Crippen LogP contribution in [0.25, 0.3) is 0 Å². The third kappa shape index (κ3) is 17.4. The van der Waals surface area contributed by atoms with Crippen molar-refractivity contribution in [2.75, 3.05) is 13.2 Å². The molecule has 0 heterocycles. The molecule has 0 aliphatic carbocycles. The quantitative estimate of drug-likeness (QED) is 0.0300. The van der Waals surface area contributed by atoms with Crippen LogP contribution in [-0.4, -0.2) is 108 Å². The number of aliphatic carboxylic acids is 1. The van der Waals surface area contributed by atoms with Gasteiger partial charge in [-0.2, -0.15) is 0 Å². The normalized spacial score (nSPS) is 16.5. The van der Waals surface area contributed by atoms with Crippen LogP contribution in [0.15, 0.2) is 0 Å². The molecule has 0 fully saturated rings. The van der Waals surface area contributed by atoms with Crippen LogP contribution in [0.2, 0.25) is 0 Å². The maximum atomic E-state index is 12.0. The number of carbonyl (C=O) groups excluding carboxylic acids is 2. The van der Waals surface area contributed by atoms with Gasteiger partial charge in [-0.15, -0.1) is 0 Å². The van der Waals surface area contributed by atoms with E-state index in [0.717, 1.165) is 32.1 Å². The van der Waals surface area contributed by atoms with Crippen molar-refractivity contribution in [2.45, 2.75) is 107 Å². The first-order valence-corrected chi connectivity index (χ1v) is 11.7. The summed E-state index contributed by atoms with van der Waals surface area (Å²) in [4.78, 5) is 35.4. The fourth-order valence-corrected chi connectivity index (χ4v) is 3.12. The molecule has 0 radical (unpaired) electrons. The third-order valence-electron chi connectivity index (χ3n) is 5.36. The van der Waals surface area contributed by atoms with E-state index in [4.69, 9.17) is 9.84 Å². The van der Waals surface area contributed by atoms with Crippen LogP contribution >= 0.6 is 0 Å². The predicted octanol–water partition coefficient (Wildman–Crippen LogP) is -7.20. The van der Waals surface area contributed by atoms with E-state index in [1.54, 1.807) is 0 Å². The summed E-state index contributed by atoms with van der Waals surface area (Å²) >= 11 is 0. The summed E-state index contributed by atoms with van der Waals surface area (Å²) in [5, 5.41) is 76.1. The number of esters is 2. The molecule has 0 amide bonds. The van der Waals surface area contributed by atoms with Gasteiger partial charge in [0.15, 0.2) is 5.60 Å². The SMILES string of the molecule is CCCCCCCCCCOC(=O)CC(O)(CC(=O)OC(O)[C@H](O)[C@@H](O)[C@H](O)[C@H](O)CO)C(=O)O.[H-].[H-].[Na+].[Na+]. The van der Waals surface area contributed by atoms with Crippen LogP contribution in [0, 0.1) is 0 Å². The van der Waals surface area contributed by atoms with Crippen molar-refractivity contribution in [1.29, 1.82) is 0 Å². The van der Waals surface area contributed by atoms with E-state index in [0.29, 0.717) is 6.42 Å². The number of aliphatic hydroxyl groups is 7. The molecular weight excluding hydrogens is 518 g/mol. The van der Waals surface area contributed by atoms with Gasteiger partial charge in [-0.3, -0.25) is 9.59 Å². The number of ether oxygens (including phenoxy) is 2. The smallest absolute Gasteiger partial charge is 1.00 e. The Labute approximate surface area is 263 Å². The Hall–Kier alpha value is 0.130. The van der Waals surface area contributed by atoms with Crippen LogP contribution in [0.4, 0.5) is 0 Å². The Bertz CT molecular complexity index is 651. The van der Waals surface area contributed by atoms with Gasteiger partial charge in [0, 0.05) is 0 Å². The van der Waals surface area contributed by atoms with Crippen LogP contribution < -0.4 is 59.1 Å². The fraction of sp³-hybridized carbons (Fsp3) is 0.864. The molecule has 0 aromatic carbocycles. The molecule has 0 aromatic rings. The Morgan fingerprint density at radius 3 is 1.76 bits per heavy atom. The molecule has 8 N–H and O–H groups in total. The zero-order valence-electron chi connectivity index (χ0n) is 24.0. The summed E-state index contributed by atoms with van der Waals surface area (Å²) in [7, 11) is 0. The second-order valence-corrected chi connectivity index (χ2v) is 8.49. The minimum atomic E-state index is -2.93. The van der Waals surface area contributed by atoms with Crippen molar-refractivity contribution in [3.8, 4) is 0 Å². The van der Waals surface area contributed by atoms with Crippen LogP contribution in [-0.2, 0) is 23.9 Å². The van der Waals surface area contributed by atoms with Gasteiger partial charge in [0.05, 0.1) is 26.1 Å². The van der Waals surface area contributed by atoms with Gasteiger partial charge in [-0.25, -0.2) is 4.79 Å². The average molecular weight is 561 g/mol. The molecule has 6 atom stereocenters. The molecule has 2 unspecified atom stereocenters. The maximum absolute atomic E-state index is 12.0. The number of hydrogen-bond donors (Lipinski definition) is 8. The Morgan fingerprint density at radius 2 is 1.27 bits per heavy atom. The van der Waals surface area contributed by atoms with Gasteiger partial charge < -0.3 is 53.2 Å². The van der Waals surface area contributed by atoms with Gasteiger partial charge in [0.25, 0.3) is 0 Å². The largest absolute Gasteiger partial charge is 1.00 e. The van der Waals surface area contributed by atoms with Gasteiger partial charge in [0.1, 0.15) is 24.4 Å². The first kappa shape index (κ1) is 41.6. The number of carbonyl (C=O) groups is 3. The maximum Gasteiger partial charge on any atom is 1.00 e. The van der Waals surface area contributed by atoms with Crippen LogP contribution in [0.3, 0.4) is 0 Å². The molecule has 0 aromatic heterocycles. The van der Waals surface area contributed by atoms with E-state index >= 15 is 0 Å². The van der Waals surface area contributed by atoms with Crippen molar-refractivity contribution in [3.63, 3.8) is 0 Å². The number of unbranched alkanes of at least 4 members (excludes halogenated alkanes) is 7. The zero-order valence-corrected chi connectivity index (χ0v) is 26.0. The van der Waals surface area contributed by atoms with Gasteiger partial charge in [-0.1, -0.05) is 51.9 Å². The molecule has 0 rings (SSSR count). The van der Waals surface area contributed by atoms with E-state index in [-0.39, 0.29) is 68.6 Å². The molecule has 0 aliphatic rings. The van der Waals surface area contributed by atoms with Crippen molar-refractivity contribution in [3.05, 3.63) is 0 Å². The fourth-order valence-electron chi connectivity index (χ4n) is 3.12. The Balaban J connectivity index is -0.000000963. The summed E-state index contributed by atoms with van der Waals surface area (Å²) in [5.74, 6) is -4.56. The van der Waals surface area contributed by atoms with Crippen LogP contribution in [0.5, 0.6) is 0 Å². The summed E-state index contributed by atoms with van der Waals surface area (Å²) < 4.78 is 9.28. The Kier molecular flexibility index (Phi) is 25.7. The minimum absolute atomic E-state index is 0. The molecule has 0 bridgehead atoms. The first-order chi connectivity index (χ1) is 16.4. The standard InChI is InChI=1S/C22H40O13.2Na.2H/c1-2-3-4-5-6-7-8-9-10-34-15(25)11-22(33,21(31)32)12-16(26)35-20(30)19(29)18(28)17(27)14(24)13-23;;;;/h14,17-20,23-24,27-30,33H,2-13H2,1H3,(H,31,32);;;;/q;2*+1;2*-1/t14-,17-,18+,19-,20?,22?;;;;/m1..../s1. The molecule has 0 saturated carbocycles. The molecule has 0 aliphatic heterocycles. The van der Waals surface area contributed by atoms with Crippen molar-refractivity contribution in [2.24, 2.45) is 0 Å². The molecule has 37 heavy (non-hydrogen) atoms. The van der Waals surface area contributed by atoms with E-state index in [1.807, 2.05) is 0 Å². The molecule has 13 nitrogen and oxygen atoms in total. The minimum Gasteiger partial charge on any atom is -1.00 e. The van der Waals surface area contributed by atoms with Crippen molar-refractivity contribution in [1.82, 2.24) is 0 Å².